The van der Waals surface area contributed by atoms with E-state index in [9.17, 15) is 14.4 Å². The molecule has 196 valence electrons. The van der Waals surface area contributed by atoms with Gasteiger partial charge >= 0.3 is 0 Å². The number of ether oxygens (including phenoxy) is 1. The van der Waals surface area contributed by atoms with Gasteiger partial charge < -0.3 is 19.9 Å². The Balaban J connectivity index is 1.45. The number of methoxy groups -OCH3 is 1. The topological polar surface area (TPSA) is 89.4 Å². The van der Waals surface area contributed by atoms with E-state index in [4.69, 9.17) is 4.74 Å². The SMILES string of the molecule is COc1ccc(Cn2cc(C)c(C)c(NC(=O)[C@@H](C)NC(=O)Cc3ccc4ccccc4c3)c2=O)cc1C. The van der Waals surface area contributed by atoms with E-state index in [0.717, 1.165) is 38.8 Å². The Morgan fingerprint density at radius 2 is 1.63 bits per heavy atom. The third-order valence-electron chi connectivity index (χ3n) is 6.80. The van der Waals surface area contributed by atoms with Gasteiger partial charge in [-0.1, -0.05) is 54.6 Å². The maximum absolute atomic E-state index is 13.3. The van der Waals surface area contributed by atoms with Crippen LogP contribution in [-0.2, 0) is 22.6 Å². The molecule has 0 aliphatic rings. The fourth-order valence-corrected chi connectivity index (χ4v) is 4.51. The number of aryl methyl sites for hydroxylation is 2. The summed E-state index contributed by atoms with van der Waals surface area (Å²) in [5.41, 5.74) is 4.27. The summed E-state index contributed by atoms with van der Waals surface area (Å²) in [7, 11) is 1.62. The summed E-state index contributed by atoms with van der Waals surface area (Å²) >= 11 is 0. The molecule has 1 aromatic heterocycles. The highest BCUT2D eigenvalue weighted by molar-refractivity contribution is 5.97. The molecule has 7 nitrogen and oxygen atoms in total. The number of hydrogen-bond donors (Lipinski definition) is 2. The smallest absolute Gasteiger partial charge is 0.274 e. The molecular formula is C31H33N3O4. The fraction of sp³-hybridized carbons (Fsp3) is 0.258. The molecule has 4 aromatic rings. The Bertz CT molecular complexity index is 1570. The van der Waals surface area contributed by atoms with Crippen molar-refractivity contribution < 1.29 is 14.3 Å². The van der Waals surface area contributed by atoms with E-state index >= 15 is 0 Å². The Hall–Kier alpha value is -4.39. The molecule has 0 fully saturated rings. The number of nitrogens with zero attached hydrogens (tertiary/aromatic N) is 1. The van der Waals surface area contributed by atoms with Crippen LogP contribution in [0.15, 0.2) is 71.7 Å². The van der Waals surface area contributed by atoms with Crippen molar-refractivity contribution in [2.24, 2.45) is 0 Å². The van der Waals surface area contributed by atoms with E-state index in [-0.39, 0.29) is 23.6 Å². The number of rotatable bonds is 8. The van der Waals surface area contributed by atoms with Crippen molar-refractivity contribution in [1.29, 1.82) is 0 Å². The van der Waals surface area contributed by atoms with Crippen molar-refractivity contribution in [3.63, 3.8) is 0 Å². The molecule has 1 heterocycles. The van der Waals surface area contributed by atoms with Crippen molar-refractivity contribution in [3.05, 3.63) is 105 Å². The number of amides is 2. The van der Waals surface area contributed by atoms with Crippen LogP contribution in [0.3, 0.4) is 0 Å². The van der Waals surface area contributed by atoms with Crippen LogP contribution in [-0.4, -0.2) is 29.5 Å². The van der Waals surface area contributed by atoms with Crippen LogP contribution < -0.4 is 20.9 Å². The van der Waals surface area contributed by atoms with E-state index < -0.39 is 11.9 Å². The molecule has 7 heteroatoms. The van der Waals surface area contributed by atoms with Gasteiger partial charge in [0.15, 0.2) is 0 Å². The van der Waals surface area contributed by atoms with Gasteiger partial charge in [0.2, 0.25) is 11.8 Å². The molecule has 2 amide bonds. The standard InChI is InChI=1S/C31H33N3O4/c1-19-14-24(11-13-27(19)38-5)18-34-17-20(2)21(3)29(31(34)37)33-30(36)22(4)32-28(35)16-23-10-12-25-8-6-7-9-26(25)15-23/h6-15,17,22H,16,18H2,1-5H3,(H,32,35)(H,33,36)/t22-/m1/s1. The van der Waals surface area contributed by atoms with Crippen molar-refractivity contribution in [3.8, 4) is 5.75 Å². The van der Waals surface area contributed by atoms with Crippen molar-refractivity contribution in [1.82, 2.24) is 9.88 Å². The summed E-state index contributed by atoms with van der Waals surface area (Å²) in [6, 6.07) is 18.8. The number of fused-ring (bicyclic) bond motifs is 1. The summed E-state index contributed by atoms with van der Waals surface area (Å²) in [6.45, 7) is 7.61. The normalized spacial score (nSPS) is 11.7. The molecule has 3 aromatic carbocycles. The van der Waals surface area contributed by atoms with E-state index in [0.29, 0.717) is 12.1 Å². The van der Waals surface area contributed by atoms with Crippen LogP contribution >= 0.6 is 0 Å². The minimum Gasteiger partial charge on any atom is -0.496 e. The van der Waals surface area contributed by atoms with Gasteiger partial charge in [0.1, 0.15) is 17.5 Å². The number of carbonyl (C=O) groups excluding carboxylic acids is 2. The molecule has 2 N–H and O–H groups in total. The second-order valence-electron chi connectivity index (χ2n) is 9.69. The van der Waals surface area contributed by atoms with Crippen LogP contribution in [0.1, 0.15) is 34.7 Å². The minimum atomic E-state index is -0.819. The number of nitrogens with one attached hydrogen (secondary N) is 2. The van der Waals surface area contributed by atoms with Gasteiger partial charge in [0.25, 0.3) is 5.56 Å². The molecular weight excluding hydrogens is 478 g/mol. The second kappa shape index (κ2) is 11.3. The van der Waals surface area contributed by atoms with Crippen LogP contribution in [0, 0.1) is 20.8 Å². The third-order valence-corrected chi connectivity index (χ3v) is 6.80. The van der Waals surface area contributed by atoms with E-state index in [2.05, 4.69) is 10.6 Å². The Morgan fingerprint density at radius 3 is 2.34 bits per heavy atom. The van der Waals surface area contributed by atoms with E-state index in [1.807, 2.05) is 74.5 Å². The number of aromatic nitrogens is 1. The summed E-state index contributed by atoms with van der Waals surface area (Å²) in [4.78, 5) is 39.0. The first-order valence-electron chi connectivity index (χ1n) is 12.6. The highest BCUT2D eigenvalue weighted by atomic mass is 16.5. The molecule has 0 unspecified atom stereocenters. The molecule has 0 saturated heterocycles. The lowest BCUT2D eigenvalue weighted by Crippen LogP contribution is -2.43. The van der Waals surface area contributed by atoms with Crippen molar-refractivity contribution in [2.45, 2.75) is 46.7 Å². The van der Waals surface area contributed by atoms with Crippen molar-refractivity contribution >= 4 is 28.3 Å². The summed E-state index contributed by atoms with van der Waals surface area (Å²) in [6.07, 6.45) is 1.95. The maximum Gasteiger partial charge on any atom is 0.274 e. The summed E-state index contributed by atoms with van der Waals surface area (Å²) < 4.78 is 6.91. The van der Waals surface area contributed by atoms with Crippen LogP contribution in [0.4, 0.5) is 5.69 Å². The minimum absolute atomic E-state index is 0.153. The molecule has 4 rings (SSSR count). The highest BCUT2D eigenvalue weighted by Gasteiger charge is 2.20. The third kappa shape index (κ3) is 5.94. The lowest BCUT2D eigenvalue weighted by atomic mass is 10.0. The molecule has 0 spiro atoms. The maximum atomic E-state index is 13.3. The lowest BCUT2D eigenvalue weighted by Gasteiger charge is -2.18. The first kappa shape index (κ1) is 26.7. The molecule has 0 aliphatic heterocycles. The van der Waals surface area contributed by atoms with Gasteiger partial charge in [-0.05, 0) is 72.4 Å². The van der Waals surface area contributed by atoms with Gasteiger partial charge in [-0.3, -0.25) is 14.4 Å². The number of benzene rings is 3. The lowest BCUT2D eigenvalue weighted by molar-refractivity contribution is -0.125. The quantitative estimate of drug-likeness (QED) is 0.360. The molecule has 0 saturated carbocycles. The molecule has 0 aliphatic carbocycles. The number of anilines is 1. The van der Waals surface area contributed by atoms with Gasteiger partial charge in [0, 0.05) is 6.20 Å². The van der Waals surface area contributed by atoms with Crippen molar-refractivity contribution in [2.75, 3.05) is 12.4 Å². The molecule has 0 radical (unpaired) electrons. The first-order chi connectivity index (χ1) is 18.2. The Labute approximate surface area is 222 Å². The van der Waals surface area contributed by atoms with Crippen LogP contribution in [0.25, 0.3) is 10.8 Å². The highest BCUT2D eigenvalue weighted by Crippen LogP contribution is 2.20. The average molecular weight is 512 g/mol. The zero-order chi connectivity index (χ0) is 27.4. The molecule has 38 heavy (non-hydrogen) atoms. The average Bonchev–Trinajstić information content (AvgIpc) is 2.89. The van der Waals surface area contributed by atoms with E-state index in [1.54, 1.807) is 31.7 Å². The van der Waals surface area contributed by atoms with Gasteiger partial charge in [-0.2, -0.15) is 0 Å². The summed E-state index contributed by atoms with van der Waals surface area (Å²) in [5, 5.41) is 7.67. The molecule has 1 atom stereocenters. The second-order valence-corrected chi connectivity index (χ2v) is 9.69. The van der Waals surface area contributed by atoms with Gasteiger partial charge in [-0.25, -0.2) is 0 Å². The van der Waals surface area contributed by atoms with Gasteiger partial charge in [0.05, 0.1) is 20.1 Å². The first-order valence-corrected chi connectivity index (χ1v) is 12.6. The van der Waals surface area contributed by atoms with Crippen LogP contribution in [0.2, 0.25) is 0 Å². The van der Waals surface area contributed by atoms with E-state index in [1.165, 1.54) is 0 Å². The zero-order valence-electron chi connectivity index (χ0n) is 22.4. The fourth-order valence-electron chi connectivity index (χ4n) is 4.51. The van der Waals surface area contributed by atoms with Crippen LogP contribution in [0.5, 0.6) is 5.75 Å². The predicted octanol–water partition coefficient (Wildman–Crippen LogP) is 4.67. The predicted molar refractivity (Wildman–Crippen MR) is 151 cm³/mol. The Morgan fingerprint density at radius 1 is 0.921 bits per heavy atom. The monoisotopic (exact) mass is 511 g/mol. The number of pyridine rings is 1. The Kier molecular flexibility index (Phi) is 7.96. The summed E-state index contributed by atoms with van der Waals surface area (Å²) in [5.74, 6) is 0.0662. The zero-order valence-corrected chi connectivity index (χ0v) is 22.4. The number of carbonyl (C=O) groups is 2. The number of hydrogen-bond acceptors (Lipinski definition) is 4. The molecule has 0 bridgehead atoms. The van der Waals surface area contributed by atoms with Gasteiger partial charge in [-0.15, -0.1) is 0 Å². The largest absolute Gasteiger partial charge is 0.496 e.